The van der Waals surface area contributed by atoms with E-state index >= 15 is 0 Å². The van der Waals surface area contributed by atoms with Crippen LogP contribution < -0.4 is 5.56 Å². The van der Waals surface area contributed by atoms with Crippen molar-refractivity contribution in [1.82, 2.24) is 24.7 Å². The Balaban J connectivity index is 1.18. The lowest BCUT2D eigenvalue weighted by Crippen LogP contribution is -2.22. The standard InChI is InChI=1S/C25H21N5O2/c1-15-11-26-12-21-23(15)25(31)30(14-27-21)13-22-28-24(29-32-22)20-9-19(10-20)18-7-6-16-4-2-3-5-17(16)8-18/h2-8,11-12,14,19-20H,9-10,13H2,1H3. The van der Waals surface area contributed by atoms with Crippen LogP contribution in [-0.4, -0.2) is 24.7 Å². The van der Waals surface area contributed by atoms with Crippen molar-refractivity contribution in [3.8, 4) is 0 Å². The molecule has 1 saturated carbocycles. The van der Waals surface area contributed by atoms with Gasteiger partial charge in [0.25, 0.3) is 5.56 Å². The largest absolute Gasteiger partial charge is 0.337 e. The van der Waals surface area contributed by atoms with Crippen molar-refractivity contribution < 1.29 is 4.52 Å². The third kappa shape index (κ3) is 3.17. The molecule has 1 aliphatic carbocycles. The molecule has 2 aromatic carbocycles. The number of aromatic nitrogens is 5. The Morgan fingerprint density at radius 1 is 1.06 bits per heavy atom. The van der Waals surface area contributed by atoms with Gasteiger partial charge in [0, 0.05) is 12.1 Å². The van der Waals surface area contributed by atoms with Crippen molar-refractivity contribution >= 4 is 21.7 Å². The van der Waals surface area contributed by atoms with Crippen LogP contribution in [0, 0.1) is 6.92 Å². The van der Waals surface area contributed by atoms with Gasteiger partial charge in [-0.1, -0.05) is 47.6 Å². The van der Waals surface area contributed by atoms with Crippen LogP contribution in [0.5, 0.6) is 0 Å². The minimum absolute atomic E-state index is 0.130. The normalized spacial score (nSPS) is 18.2. The summed E-state index contributed by atoms with van der Waals surface area (Å²) in [7, 11) is 0. The summed E-state index contributed by atoms with van der Waals surface area (Å²) < 4.78 is 6.97. The van der Waals surface area contributed by atoms with E-state index in [4.69, 9.17) is 4.52 Å². The van der Waals surface area contributed by atoms with Gasteiger partial charge in [0.05, 0.1) is 23.4 Å². The molecule has 0 atom stereocenters. The van der Waals surface area contributed by atoms with Gasteiger partial charge in [-0.25, -0.2) is 4.98 Å². The van der Waals surface area contributed by atoms with Crippen molar-refractivity contribution in [3.05, 3.63) is 94.4 Å². The topological polar surface area (TPSA) is 86.7 Å². The lowest BCUT2D eigenvalue weighted by atomic mass is 9.71. The van der Waals surface area contributed by atoms with Gasteiger partial charge in [-0.15, -0.1) is 0 Å². The van der Waals surface area contributed by atoms with E-state index in [1.54, 1.807) is 12.4 Å². The van der Waals surface area contributed by atoms with Crippen LogP contribution >= 0.6 is 0 Å². The highest BCUT2D eigenvalue weighted by Crippen LogP contribution is 2.47. The highest BCUT2D eigenvalue weighted by Gasteiger charge is 2.34. The lowest BCUT2D eigenvalue weighted by molar-refractivity contribution is 0.315. The molecule has 0 saturated heterocycles. The van der Waals surface area contributed by atoms with Gasteiger partial charge in [0.2, 0.25) is 5.89 Å². The fraction of sp³-hybridized carbons (Fsp3) is 0.240. The number of rotatable bonds is 4. The van der Waals surface area contributed by atoms with E-state index in [9.17, 15) is 4.79 Å². The number of pyridine rings is 1. The number of nitrogens with zero attached hydrogens (tertiary/aromatic N) is 5. The zero-order chi connectivity index (χ0) is 21.7. The first-order valence-electron chi connectivity index (χ1n) is 10.8. The van der Waals surface area contributed by atoms with E-state index in [2.05, 4.69) is 62.6 Å². The molecule has 0 bridgehead atoms. The first-order valence-corrected chi connectivity index (χ1v) is 10.8. The average molecular weight is 423 g/mol. The number of aryl methyl sites for hydroxylation is 1. The van der Waals surface area contributed by atoms with Crippen LogP contribution in [0.25, 0.3) is 21.7 Å². The van der Waals surface area contributed by atoms with Gasteiger partial charge in [0.15, 0.2) is 5.82 Å². The maximum absolute atomic E-state index is 12.9. The van der Waals surface area contributed by atoms with Gasteiger partial charge in [0.1, 0.15) is 6.54 Å². The molecule has 0 radical (unpaired) electrons. The fourth-order valence-electron chi connectivity index (χ4n) is 4.57. The van der Waals surface area contributed by atoms with Crippen LogP contribution in [-0.2, 0) is 6.54 Å². The molecule has 1 fully saturated rings. The first kappa shape index (κ1) is 18.9. The average Bonchev–Trinajstić information content (AvgIpc) is 3.22. The van der Waals surface area contributed by atoms with Crippen LogP contribution in [0.3, 0.4) is 0 Å². The molecule has 7 nitrogen and oxygen atoms in total. The van der Waals surface area contributed by atoms with E-state index in [0.717, 1.165) is 24.2 Å². The zero-order valence-corrected chi connectivity index (χ0v) is 17.6. The Morgan fingerprint density at radius 2 is 1.91 bits per heavy atom. The molecular weight excluding hydrogens is 402 g/mol. The van der Waals surface area contributed by atoms with Gasteiger partial charge >= 0.3 is 0 Å². The Morgan fingerprint density at radius 3 is 2.78 bits per heavy atom. The predicted octanol–water partition coefficient (Wildman–Crippen LogP) is 4.35. The summed E-state index contributed by atoms with van der Waals surface area (Å²) >= 11 is 0. The molecule has 0 N–H and O–H groups in total. The van der Waals surface area contributed by atoms with Crippen LogP contribution in [0.15, 0.2) is 70.5 Å². The summed E-state index contributed by atoms with van der Waals surface area (Å²) in [5.74, 6) is 1.93. The number of hydrogen-bond donors (Lipinski definition) is 0. The summed E-state index contributed by atoms with van der Waals surface area (Å²) in [6.07, 6.45) is 6.78. The molecule has 3 aromatic heterocycles. The monoisotopic (exact) mass is 423 g/mol. The zero-order valence-electron chi connectivity index (χ0n) is 17.6. The van der Waals surface area contributed by atoms with Crippen molar-refractivity contribution in [2.75, 3.05) is 0 Å². The van der Waals surface area contributed by atoms with Crippen LogP contribution in [0.4, 0.5) is 0 Å². The van der Waals surface area contributed by atoms with E-state index in [-0.39, 0.29) is 18.0 Å². The Bertz CT molecular complexity index is 1510. The summed E-state index contributed by atoms with van der Waals surface area (Å²) in [6, 6.07) is 15.1. The molecule has 6 rings (SSSR count). The molecule has 0 amide bonds. The molecule has 7 heteroatoms. The van der Waals surface area contributed by atoms with Crippen LogP contribution in [0.2, 0.25) is 0 Å². The summed E-state index contributed by atoms with van der Waals surface area (Å²) in [5, 5.41) is 7.30. The van der Waals surface area contributed by atoms with Crippen molar-refractivity contribution in [1.29, 1.82) is 0 Å². The molecule has 3 heterocycles. The highest BCUT2D eigenvalue weighted by molar-refractivity contribution is 5.83. The number of benzene rings is 2. The third-order valence-electron chi connectivity index (χ3n) is 6.46. The minimum Gasteiger partial charge on any atom is -0.337 e. The highest BCUT2D eigenvalue weighted by atomic mass is 16.5. The minimum atomic E-state index is -0.130. The van der Waals surface area contributed by atoms with E-state index in [1.165, 1.54) is 27.2 Å². The lowest BCUT2D eigenvalue weighted by Gasteiger charge is -2.33. The first-order chi connectivity index (χ1) is 15.7. The fourth-order valence-corrected chi connectivity index (χ4v) is 4.57. The smallest absolute Gasteiger partial charge is 0.262 e. The molecule has 158 valence electrons. The van der Waals surface area contributed by atoms with Crippen LogP contribution in [0.1, 0.15) is 47.5 Å². The Hall–Kier alpha value is -3.87. The maximum Gasteiger partial charge on any atom is 0.262 e. The second-order valence-electron chi connectivity index (χ2n) is 8.55. The van der Waals surface area contributed by atoms with E-state index in [0.29, 0.717) is 22.7 Å². The van der Waals surface area contributed by atoms with Gasteiger partial charge in [-0.05, 0) is 47.6 Å². The Kier molecular flexibility index (Phi) is 4.35. The van der Waals surface area contributed by atoms with Gasteiger partial charge < -0.3 is 4.52 Å². The SMILES string of the molecule is Cc1cncc2ncn(Cc3nc(C4CC(c5ccc6ccccc6c5)C4)no3)c(=O)c12. The van der Waals surface area contributed by atoms with Gasteiger partial charge in [-0.3, -0.25) is 14.3 Å². The van der Waals surface area contributed by atoms with E-state index < -0.39 is 0 Å². The van der Waals surface area contributed by atoms with Crippen molar-refractivity contribution in [2.24, 2.45) is 0 Å². The molecule has 5 aromatic rings. The Labute approximate surface area is 183 Å². The molecule has 32 heavy (non-hydrogen) atoms. The molecule has 0 spiro atoms. The number of hydrogen-bond acceptors (Lipinski definition) is 6. The molecular formula is C25H21N5O2. The predicted molar refractivity (Wildman–Crippen MR) is 121 cm³/mol. The van der Waals surface area contributed by atoms with Crippen molar-refractivity contribution in [2.45, 2.75) is 38.1 Å². The molecule has 1 aliphatic rings. The molecule has 0 aliphatic heterocycles. The quantitative estimate of drug-likeness (QED) is 0.427. The maximum atomic E-state index is 12.9. The second kappa shape index (κ2) is 7.37. The number of fused-ring (bicyclic) bond motifs is 2. The third-order valence-corrected chi connectivity index (χ3v) is 6.46. The van der Waals surface area contributed by atoms with Gasteiger partial charge in [-0.2, -0.15) is 4.98 Å². The summed E-state index contributed by atoms with van der Waals surface area (Å²) in [4.78, 5) is 25.9. The van der Waals surface area contributed by atoms with Crippen molar-refractivity contribution in [3.63, 3.8) is 0 Å². The summed E-state index contributed by atoms with van der Waals surface area (Å²) in [6.45, 7) is 2.06. The molecule has 0 unspecified atom stereocenters. The second-order valence-corrected chi connectivity index (χ2v) is 8.55. The van der Waals surface area contributed by atoms with E-state index in [1.807, 2.05) is 6.92 Å². The summed E-state index contributed by atoms with van der Waals surface area (Å²) in [5.41, 5.74) is 2.62.